The van der Waals surface area contributed by atoms with Crippen molar-refractivity contribution >= 4 is 5.97 Å². The third kappa shape index (κ3) is 3.44. The predicted molar refractivity (Wildman–Crippen MR) is 77.3 cm³/mol. The number of carbonyl (C=O) groups excluding carboxylic acids is 1. The first-order valence-electron chi connectivity index (χ1n) is 7.43. The Morgan fingerprint density at radius 2 is 2.09 bits per heavy atom. The molecule has 2 rings (SSSR count). The monoisotopic (exact) mass is 313 g/mol. The van der Waals surface area contributed by atoms with Crippen LogP contribution in [0, 0.1) is 5.92 Å². The molecule has 122 valence electrons. The lowest BCUT2D eigenvalue weighted by molar-refractivity contribution is -0.174. The Kier molecular flexibility index (Phi) is 5.13. The second kappa shape index (κ2) is 6.71. The number of alkyl halides is 2. The van der Waals surface area contributed by atoms with Crippen LogP contribution in [0.4, 0.5) is 8.78 Å². The van der Waals surface area contributed by atoms with E-state index in [9.17, 15) is 18.7 Å². The van der Waals surface area contributed by atoms with Gasteiger partial charge in [0.05, 0.1) is 6.61 Å². The molecule has 1 aromatic rings. The predicted octanol–water partition coefficient (Wildman–Crippen LogP) is 2.20. The maximum atomic E-state index is 13.5. The summed E-state index contributed by atoms with van der Waals surface area (Å²) in [6, 6.07) is 8.15. The normalized spacial score (nSPS) is 23.0. The van der Waals surface area contributed by atoms with Crippen LogP contribution < -0.4 is 5.73 Å². The van der Waals surface area contributed by atoms with Gasteiger partial charge in [0.1, 0.15) is 0 Å². The fourth-order valence-electron chi connectivity index (χ4n) is 2.88. The smallest absolute Gasteiger partial charge is 0.343 e. The van der Waals surface area contributed by atoms with Gasteiger partial charge < -0.3 is 15.6 Å². The van der Waals surface area contributed by atoms with Gasteiger partial charge in [0.2, 0.25) is 5.92 Å². The molecule has 0 radical (unpaired) electrons. The number of nitrogens with two attached hydrogens (primary N) is 1. The van der Waals surface area contributed by atoms with Gasteiger partial charge in [-0.15, -0.1) is 0 Å². The molecule has 0 spiro atoms. The maximum Gasteiger partial charge on any atom is 0.343 e. The zero-order chi connectivity index (χ0) is 16.2. The van der Waals surface area contributed by atoms with Crippen LogP contribution in [0.5, 0.6) is 0 Å². The molecule has 3 N–H and O–H groups in total. The highest BCUT2D eigenvalue weighted by molar-refractivity contribution is 5.81. The first kappa shape index (κ1) is 16.8. The van der Waals surface area contributed by atoms with Crippen molar-refractivity contribution in [2.24, 2.45) is 11.7 Å². The zero-order valence-electron chi connectivity index (χ0n) is 12.3. The number of benzene rings is 1. The van der Waals surface area contributed by atoms with Gasteiger partial charge in [-0.2, -0.15) is 0 Å². The Labute approximate surface area is 128 Å². The van der Waals surface area contributed by atoms with Crippen molar-refractivity contribution in [3.63, 3.8) is 0 Å². The fourth-order valence-corrected chi connectivity index (χ4v) is 2.88. The molecule has 22 heavy (non-hydrogen) atoms. The van der Waals surface area contributed by atoms with Crippen LogP contribution >= 0.6 is 0 Å². The molecule has 2 atom stereocenters. The average Bonchev–Trinajstić information content (AvgIpc) is 2.88. The second-order valence-corrected chi connectivity index (χ2v) is 5.71. The van der Waals surface area contributed by atoms with E-state index in [-0.39, 0.29) is 25.0 Å². The highest BCUT2D eigenvalue weighted by Gasteiger charge is 2.54. The first-order chi connectivity index (χ1) is 10.4. The molecule has 1 fully saturated rings. The molecule has 0 saturated heterocycles. The Hall–Kier alpha value is -1.53. The maximum absolute atomic E-state index is 13.5. The lowest BCUT2D eigenvalue weighted by Gasteiger charge is -2.32. The molecule has 4 nitrogen and oxygen atoms in total. The summed E-state index contributed by atoms with van der Waals surface area (Å²) < 4.78 is 32.1. The van der Waals surface area contributed by atoms with Crippen LogP contribution in [-0.2, 0) is 15.1 Å². The van der Waals surface area contributed by atoms with Crippen molar-refractivity contribution in [1.82, 2.24) is 0 Å². The van der Waals surface area contributed by atoms with Crippen molar-refractivity contribution in [2.45, 2.75) is 37.2 Å². The second-order valence-electron chi connectivity index (χ2n) is 5.71. The summed E-state index contributed by atoms with van der Waals surface area (Å²) in [5, 5.41) is 10.9. The highest BCUT2D eigenvalue weighted by atomic mass is 19.3. The van der Waals surface area contributed by atoms with Gasteiger partial charge in [0.25, 0.3) is 0 Å². The largest absolute Gasteiger partial charge is 0.463 e. The summed E-state index contributed by atoms with van der Waals surface area (Å²) >= 11 is 0. The Morgan fingerprint density at radius 3 is 2.64 bits per heavy atom. The summed E-state index contributed by atoms with van der Waals surface area (Å²) in [6.07, 6.45) is -0.324. The topological polar surface area (TPSA) is 72.5 Å². The van der Waals surface area contributed by atoms with Gasteiger partial charge in [-0.1, -0.05) is 30.3 Å². The highest BCUT2D eigenvalue weighted by Crippen LogP contribution is 2.47. The number of esters is 1. The molecule has 1 saturated carbocycles. The van der Waals surface area contributed by atoms with Gasteiger partial charge in [0, 0.05) is 18.8 Å². The number of hydrogen-bond donors (Lipinski definition) is 2. The lowest BCUT2D eigenvalue weighted by Crippen LogP contribution is -2.44. The number of hydrogen-bond acceptors (Lipinski definition) is 4. The first-order valence-corrected chi connectivity index (χ1v) is 7.43. The molecule has 0 amide bonds. The number of aliphatic hydroxyl groups is 1. The molecule has 0 heterocycles. The summed E-state index contributed by atoms with van der Waals surface area (Å²) in [5.74, 6) is -4.60. The van der Waals surface area contributed by atoms with Crippen LogP contribution in [0.15, 0.2) is 30.3 Å². The molecule has 0 unspecified atom stereocenters. The Morgan fingerprint density at radius 1 is 1.41 bits per heavy atom. The molecular formula is C16H21F2NO3. The van der Waals surface area contributed by atoms with Gasteiger partial charge in [-0.3, -0.25) is 0 Å². The minimum Gasteiger partial charge on any atom is -0.463 e. The van der Waals surface area contributed by atoms with Gasteiger partial charge in [-0.05, 0) is 24.9 Å². The molecule has 0 aliphatic heterocycles. The van der Waals surface area contributed by atoms with E-state index in [2.05, 4.69) is 0 Å². The van der Waals surface area contributed by atoms with Crippen LogP contribution in [0.3, 0.4) is 0 Å². The molecule has 1 aromatic carbocycles. The number of rotatable bonds is 6. The molecule has 1 aliphatic carbocycles. The fraction of sp³-hybridized carbons (Fsp3) is 0.562. The van der Waals surface area contributed by atoms with Crippen molar-refractivity contribution in [2.75, 3.05) is 13.2 Å². The SMILES string of the molecule is NCCCOC(=O)[C@](O)(c1ccccc1)[C@@H]1CCC(F)(F)C1. The van der Waals surface area contributed by atoms with Gasteiger partial charge >= 0.3 is 5.97 Å². The Balaban J connectivity index is 2.27. The third-order valence-electron chi connectivity index (χ3n) is 4.10. The molecule has 0 bridgehead atoms. The van der Waals surface area contributed by atoms with E-state index in [4.69, 9.17) is 10.5 Å². The van der Waals surface area contributed by atoms with E-state index in [0.29, 0.717) is 13.0 Å². The summed E-state index contributed by atoms with van der Waals surface area (Å²) in [7, 11) is 0. The minimum absolute atomic E-state index is 0.0631. The summed E-state index contributed by atoms with van der Waals surface area (Å²) in [5.41, 5.74) is 3.58. The van der Waals surface area contributed by atoms with Crippen molar-refractivity contribution < 1.29 is 23.4 Å². The lowest BCUT2D eigenvalue weighted by atomic mass is 9.80. The molecule has 0 aromatic heterocycles. The van der Waals surface area contributed by atoms with Crippen LogP contribution in [-0.4, -0.2) is 30.2 Å². The average molecular weight is 313 g/mol. The Bertz CT molecular complexity index is 509. The van der Waals surface area contributed by atoms with Crippen molar-refractivity contribution in [3.05, 3.63) is 35.9 Å². The zero-order valence-corrected chi connectivity index (χ0v) is 12.3. The summed E-state index contributed by atoms with van der Waals surface area (Å²) in [6.45, 7) is 0.409. The molecule has 1 aliphatic rings. The number of ether oxygens (including phenoxy) is 1. The standard InChI is InChI=1S/C16H21F2NO3/c17-15(18)8-7-13(11-15)16(21,12-5-2-1-3-6-12)14(20)22-10-4-9-19/h1-3,5-6,13,21H,4,7-11,19H2/t13-,16+/m1/s1. The van der Waals surface area contributed by atoms with Crippen molar-refractivity contribution in [3.8, 4) is 0 Å². The van der Waals surface area contributed by atoms with E-state index >= 15 is 0 Å². The van der Waals surface area contributed by atoms with E-state index in [1.165, 1.54) is 0 Å². The number of carbonyl (C=O) groups is 1. The summed E-state index contributed by atoms with van der Waals surface area (Å²) in [4.78, 5) is 12.4. The van der Waals surface area contributed by atoms with Crippen LogP contribution in [0.25, 0.3) is 0 Å². The number of halogens is 2. The third-order valence-corrected chi connectivity index (χ3v) is 4.10. The van der Waals surface area contributed by atoms with Crippen LogP contribution in [0.1, 0.15) is 31.2 Å². The van der Waals surface area contributed by atoms with Gasteiger partial charge in [0.15, 0.2) is 5.60 Å². The van der Waals surface area contributed by atoms with E-state index in [0.717, 1.165) is 0 Å². The van der Waals surface area contributed by atoms with E-state index < -0.39 is 29.8 Å². The van der Waals surface area contributed by atoms with Crippen LogP contribution in [0.2, 0.25) is 0 Å². The molecule has 6 heteroatoms. The van der Waals surface area contributed by atoms with E-state index in [1.54, 1.807) is 30.3 Å². The van der Waals surface area contributed by atoms with Crippen molar-refractivity contribution in [1.29, 1.82) is 0 Å². The van der Waals surface area contributed by atoms with Gasteiger partial charge in [-0.25, -0.2) is 13.6 Å². The van der Waals surface area contributed by atoms with E-state index in [1.807, 2.05) is 0 Å². The quantitative estimate of drug-likeness (QED) is 0.624. The minimum atomic E-state index is -2.86. The molecular weight excluding hydrogens is 292 g/mol.